The predicted octanol–water partition coefficient (Wildman–Crippen LogP) is 1.03. The van der Waals surface area contributed by atoms with Crippen molar-refractivity contribution in [1.29, 1.82) is 0 Å². The molecule has 3 nitrogen and oxygen atoms in total. The van der Waals surface area contributed by atoms with Crippen LogP contribution in [0.3, 0.4) is 0 Å². The van der Waals surface area contributed by atoms with Crippen LogP contribution in [0.1, 0.15) is 5.56 Å². The number of hydrogen-bond acceptors (Lipinski definition) is 3. The second-order valence-electron chi connectivity index (χ2n) is 4.10. The molecule has 1 aliphatic rings. The molecule has 1 heterocycles. The fraction of sp³-hybridized carbons (Fsp3) is 0.417. The summed E-state index contributed by atoms with van der Waals surface area (Å²) < 4.78 is 0. The van der Waals surface area contributed by atoms with E-state index < -0.39 is 0 Å². The van der Waals surface area contributed by atoms with Gasteiger partial charge >= 0.3 is 0 Å². The number of rotatable bonds is 2. The minimum atomic E-state index is 0.858. The van der Waals surface area contributed by atoms with Crippen LogP contribution in [0.25, 0.3) is 0 Å². The summed E-state index contributed by atoms with van der Waals surface area (Å²) in [5, 5.41) is 0. The van der Waals surface area contributed by atoms with Gasteiger partial charge in [-0.2, -0.15) is 0 Å². The highest BCUT2D eigenvalue weighted by atomic mass is 15.2. The van der Waals surface area contributed by atoms with Crippen LogP contribution in [-0.2, 0) is 0 Å². The molecule has 2 rings (SSSR count). The molecule has 81 valence electrons. The van der Waals surface area contributed by atoms with Crippen LogP contribution in [0.2, 0.25) is 0 Å². The molecular formula is C12H18N3. The highest BCUT2D eigenvalue weighted by molar-refractivity contribution is 5.49. The molecule has 3 heteroatoms. The van der Waals surface area contributed by atoms with Crippen molar-refractivity contribution in [3.63, 3.8) is 0 Å². The number of piperazine rings is 1. The fourth-order valence-corrected chi connectivity index (χ4v) is 1.78. The summed E-state index contributed by atoms with van der Waals surface area (Å²) in [5.74, 6) is 0. The number of likely N-dealkylation sites (N-methyl/N-ethyl adjacent to an activating group) is 1. The normalized spacial score (nSPS) is 19.3. The van der Waals surface area contributed by atoms with Gasteiger partial charge in [0.05, 0.1) is 6.54 Å². The monoisotopic (exact) mass is 204 g/mol. The van der Waals surface area contributed by atoms with Crippen LogP contribution in [0, 0.1) is 6.54 Å². The lowest BCUT2D eigenvalue weighted by molar-refractivity contribution is 0.186. The Morgan fingerprint density at radius 1 is 1.13 bits per heavy atom. The Balaban J connectivity index is 1.95. The summed E-state index contributed by atoms with van der Waals surface area (Å²) in [6.07, 6.45) is 0. The molecule has 0 atom stereocenters. The Morgan fingerprint density at radius 2 is 1.80 bits per heavy atom. The largest absolute Gasteiger partial charge is 0.398 e. The quantitative estimate of drug-likeness (QED) is 0.730. The zero-order chi connectivity index (χ0) is 10.7. The number of hydrogen-bond donors (Lipinski definition) is 1. The Labute approximate surface area is 91.5 Å². The van der Waals surface area contributed by atoms with Crippen molar-refractivity contribution >= 4 is 5.69 Å². The standard InChI is InChI=1S/C12H18N3/c1-14-6-8-15(9-7-14)10-11-4-2-3-5-12(11)13/h2-5,10H,6-9,13H2,1H3. The molecule has 1 aromatic rings. The van der Waals surface area contributed by atoms with Crippen molar-refractivity contribution < 1.29 is 0 Å². The van der Waals surface area contributed by atoms with Gasteiger partial charge in [-0.1, -0.05) is 18.2 Å². The second-order valence-corrected chi connectivity index (χ2v) is 4.10. The van der Waals surface area contributed by atoms with E-state index in [1.807, 2.05) is 18.2 Å². The van der Waals surface area contributed by atoms with E-state index in [9.17, 15) is 0 Å². The number of para-hydroxylation sites is 1. The van der Waals surface area contributed by atoms with Crippen molar-refractivity contribution in [2.24, 2.45) is 0 Å². The molecule has 0 saturated carbocycles. The van der Waals surface area contributed by atoms with Crippen molar-refractivity contribution in [3.05, 3.63) is 36.4 Å². The summed E-state index contributed by atoms with van der Waals surface area (Å²) in [7, 11) is 2.16. The van der Waals surface area contributed by atoms with Crippen molar-refractivity contribution in [1.82, 2.24) is 9.80 Å². The van der Waals surface area contributed by atoms with Crippen molar-refractivity contribution in [3.8, 4) is 0 Å². The SMILES string of the molecule is CN1CCN([CH]c2ccccc2N)CC1. The van der Waals surface area contributed by atoms with Gasteiger partial charge in [-0.3, -0.25) is 4.90 Å². The van der Waals surface area contributed by atoms with E-state index in [1.165, 1.54) is 0 Å². The lowest BCUT2D eigenvalue weighted by atomic mass is 10.1. The summed E-state index contributed by atoms with van der Waals surface area (Å²) in [6, 6.07) is 8.00. The highest BCUT2D eigenvalue weighted by Crippen LogP contribution is 2.15. The predicted molar refractivity (Wildman–Crippen MR) is 63.3 cm³/mol. The third-order valence-corrected chi connectivity index (χ3v) is 2.86. The molecular weight excluding hydrogens is 186 g/mol. The summed E-state index contributed by atoms with van der Waals surface area (Å²) in [4.78, 5) is 4.68. The maximum Gasteiger partial charge on any atom is 0.0567 e. The molecule has 0 aromatic heterocycles. The maximum atomic E-state index is 5.90. The van der Waals surface area contributed by atoms with Crippen LogP contribution in [0.15, 0.2) is 24.3 Å². The third-order valence-electron chi connectivity index (χ3n) is 2.86. The molecule has 2 N–H and O–H groups in total. The van der Waals surface area contributed by atoms with Gasteiger partial charge in [0.15, 0.2) is 0 Å². The molecule has 1 aliphatic heterocycles. The average molecular weight is 204 g/mol. The molecule has 15 heavy (non-hydrogen) atoms. The third kappa shape index (κ3) is 2.70. The summed E-state index contributed by atoms with van der Waals surface area (Å²) >= 11 is 0. The Hall–Kier alpha value is -1.06. The molecule has 1 fully saturated rings. The van der Waals surface area contributed by atoms with E-state index in [0.717, 1.165) is 37.4 Å². The molecule has 0 bridgehead atoms. The van der Waals surface area contributed by atoms with Crippen LogP contribution in [0.5, 0.6) is 0 Å². The Kier molecular flexibility index (Phi) is 3.23. The van der Waals surface area contributed by atoms with E-state index in [0.29, 0.717) is 0 Å². The lowest BCUT2D eigenvalue weighted by Gasteiger charge is -2.32. The van der Waals surface area contributed by atoms with Crippen LogP contribution < -0.4 is 5.73 Å². The molecule has 1 aromatic carbocycles. The van der Waals surface area contributed by atoms with Crippen LogP contribution in [-0.4, -0.2) is 43.0 Å². The smallest absolute Gasteiger partial charge is 0.0567 e. The lowest BCUT2D eigenvalue weighted by Crippen LogP contribution is -2.43. The van der Waals surface area contributed by atoms with E-state index in [2.05, 4.69) is 29.5 Å². The average Bonchev–Trinajstić information content (AvgIpc) is 2.25. The first-order valence-electron chi connectivity index (χ1n) is 5.38. The summed E-state index contributed by atoms with van der Waals surface area (Å²) in [5.41, 5.74) is 7.88. The van der Waals surface area contributed by atoms with Gasteiger partial charge in [-0.25, -0.2) is 0 Å². The van der Waals surface area contributed by atoms with Gasteiger partial charge in [-0.15, -0.1) is 0 Å². The van der Waals surface area contributed by atoms with Crippen LogP contribution in [0.4, 0.5) is 5.69 Å². The number of nitrogens with zero attached hydrogens (tertiary/aromatic N) is 2. The molecule has 0 unspecified atom stereocenters. The van der Waals surface area contributed by atoms with E-state index in [1.54, 1.807) is 0 Å². The number of benzene rings is 1. The van der Waals surface area contributed by atoms with Crippen molar-refractivity contribution in [2.45, 2.75) is 0 Å². The molecule has 0 amide bonds. The zero-order valence-corrected chi connectivity index (χ0v) is 9.19. The Bertz CT molecular complexity index is 316. The summed E-state index contributed by atoms with van der Waals surface area (Å²) in [6.45, 7) is 6.60. The van der Waals surface area contributed by atoms with Gasteiger partial charge in [0.1, 0.15) is 0 Å². The number of anilines is 1. The maximum absolute atomic E-state index is 5.90. The first kappa shape index (κ1) is 10.5. The van der Waals surface area contributed by atoms with E-state index >= 15 is 0 Å². The topological polar surface area (TPSA) is 32.5 Å². The number of nitrogen functional groups attached to an aromatic ring is 1. The molecule has 0 aliphatic carbocycles. The van der Waals surface area contributed by atoms with Crippen molar-refractivity contribution in [2.75, 3.05) is 39.0 Å². The first-order chi connectivity index (χ1) is 7.25. The first-order valence-corrected chi connectivity index (χ1v) is 5.38. The van der Waals surface area contributed by atoms with E-state index in [-0.39, 0.29) is 0 Å². The molecule has 1 saturated heterocycles. The van der Waals surface area contributed by atoms with Gasteiger partial charge in [0, 0.05) is 31.9 Å². The van der Waals surface area contributed by atoms with Crippen LogP contribution >= 0.6 is 0 Å². The Morgan fingerprint density at radius 3 is 2.47 bits per heavy atom. The molecule has 0 spiro atoms. The minimum absolute atomic E-state index is 0.858. The van der Waals surface area contributed by atoms with Gasteiger partial charge in [0.2, 0.25) is 0 Å². The molecule has 1 radical (unpaired) electrons. The van der Waals surface area contributed by atoms with E-state index in [4.69, 9.17) is 5.73 Å². The zero-order valence-electron chi connectivity index (χ0n) is 9.19. The number of nitrogens with two attached hydrogens (primary N) is 1. The van der Waals surface area contributed by atoms with Gasteiger partial charge in [-0.05, 0) is 18.7 Å². The fourth-order valence-electron chi connectivity index (χ4n) is 1.78. The van der Waals surface area contributed by atoms with Gasteiger partial charge in [0.25, 0.3) is 0 Å². The second kappa shape index (κ2) is 4.64. The highest BCUT2D eigenvalue weighted by Gasteiger charge is 2.14. The minimum Gasteiger partial charge on any atom is -0.398 e. The van der Waals surface area contributed by atoms with Gasteiger partial charge < -0.3 is 10.6 Å².